The zero-order valence-corrected chi connectivity index (χ0v) is 10.1. The van der Waals surface area contributed by atoms with Crippen LogP contribution in [0.4, 0.5) is 5.95 Å². The van der Waals surface area contributed by atoms with Crippen molar-refractivity contribution in [3.63, 3.8) is 0 Å². The molecule has 1 aromatic carbocycles. The Morgan fingerprint density at radius 3 is 2.53 bits per heavy atom. The Bertz CT molecular complexity index is 535. The second kappa shape index (κ2) is 4.37. The van der Waals surface area contributed by atoms with Crippen molar-refractivity contribution in [1.82, 2.24) is 9.97 Å². The molecule has 90 valence electrons. The number of nitrogens with zero attached hydrogens (tertiary/aromatic N) is 1. The minimum Gasteiger partial charge on any atom is -0.497 e. The van der Waals surface area contributed by atoms with Gasteiger partial charge in [0.25, 0.3) is 0 Å². The number of nitrogens with one attached hydrogen (secondary N) is 1. The first-order valence-electron chi connectivity index (χ1n) is 5.20. The molecule has 17 heavy (non-hydrogen) atoms. The molecule has 0 aliphatic rings. The molecular formula is C12H15N3O2. The summed E-state index contributed by atoms with van der Waals surface area (Å²) in [5.74, 6) is 1.88. The van der Waals surface area contributed by atoms with Crippen molar-refractivity contribution >= 4 is 5.95 Å². The fraction of sp³-hybridized carbons (Fsp3) is 0.250. The molecule has 5 nitrogen and oxygen atoms in total. The van der Waals surface area contributed by atoms with Crippen LogP contribution in [0.1, 0.15) is 5.69 Å². The lowest BCUT2D eigenvalue weighted by Crippen LogP contribution is -1.92. The maximum absolute atomic E-state index is 5.64. The monoisotopic (exact) mass is 233 g/mol. The summed E-state index contributed by atoms with van der Waals surface area (Å²) < 4.78 is 10.5. The van der Waals surface area contributed by atoms with Crippen LogP contribution in [0, 0.1) is 6.92 Å². The maximum atomic E-state index is 5.64. The van der Waals surface area contributed by atoms with E-state index in [2.05, 4.69) is 9.97 Å². The van der Waals surface area contributed by atoms with Gasteiger partial charge in [0.15, 0.2) is 5.95 Å². The van der Waals surface area contributed by atoms with Crippen molar-refractivity contribution in [2.45, 2.75) is 6.92 Å². The number of anilines is 1. The summed E-state index contributed by atoms with van der Waals surface area (Å²) >= 11 is 0. The molecule has 1 aromatic heterocycles. The van der Waals surface area contributed by atoms with Crippen molar-refractivity contribution in [3.05, 3.63) is 23.9 Å². The van der Waals surface area contributed by atoms with Crippen molar-refractivity contribution in [2.75, 3.05) is 20.0 Å². The third-order valence-corrected chi connectivity index (χ3v) is 2.56. The van der Waals surface area contributed by atoms with Crippen molar-refractivity contribution in [1.29, 1.82) is 0 Å². The number of nitrogens with two attached hydrogens (primary N) is 1. The predicted octanol–water partition coefficient (Wildman–Crippen LogP) is 1.98. The van der Waals surface area contributed by atoms with Crippen molar-refractivity contribution < 1.29 is 9.47 Å². The lowest BCUT2D eigenvalue weighted by molar-refractivity contribution is 0.404. The van der Waals surface area contributed by atoms with Crippen LogP contribution in [0.15, 0.2) is 18.2 Å². The molecule has 0 amide bonds. The second-order valence-corrected chi connectivity index (χ2v) is 3.66. The fourth-order valence-electron chi connectivity index (χ4n) is 1.74. The summed E-state index contributed by atoms with van der Waals surface area (Å²) in [6.07, 6.45) is 0. The number of ether oxygens (including phenoxy) is 2. The Balaban J connectivity index is 2.59. The molecule has 0 saturated carbocycles. The van der Waals surface area contributed by atoms with Gasteiger partial charge in [-0.15, -0.1) is 0 Å². The number of benzene rings is 1. The normalized spacial score (nSPS) is 10.3. The number of hydrogen-bond donors (Lipinski definition) is 2. The van der Waals surface area contributed by atoms with Gasteiger partial charge in [0.05, 0.1) is 19.9 Å². The van der Waals surface area contributed by atoms with E-state index >= 15 is 0 Å². The van der Waals surface area contributed by atoms with Gasteiger partial charge in [0.2, 0.25) is 0 Å². The fourth-order valence-corrected chi connectivity index (χ4v) is 1.74. The van der Waals surface area contributed by atoms with Crippen molar-refractivity contribution in [2.24, 2.45) is 0 Å². The van der Waals surface area contributed by atoms with Crippen LogP contribution in [0.2, 0.25) is 0 Å². The van der Waals surface area contributed by atoms with Gasteiger partial charge in [0.1, 0.15) is 11.5 Å². The molecule has 0 spiro atoms. The van der Waals surface area contributed by atoms with Crippen LogP contribution < -0.4 is 15.2 Å². The lowest BCUT2D eigenvalue weighted by Gasteiger charge is -2.09. The first kappa shape index (κ1) is 11.3. The Morgan fingerprint density at radius 1 is 1.24 bits per heavy atom. The van der Waals surface area contributed by atoms with E-state index in [1.54, 1.807) is 14.2 Å². The highest BCUT2D eigenvalue weighted by Gasteiger charge is 2.13. The summed E-state index contributed by atoms with van der Waals surface area (Å²) in [4.78, 5) is 7.22. The van der Waals surface area contributed by atoms with E-state index < -0.39 is 0 Å². The highest BCUT2D eigenvalue weighted by molar-refractivity contribution is 5.71. The maximum Gasteiger partial charge on any atom is 0.198 e. The Morgan fingerprint density at radius 2 is 2.00 bits per heavy atom. The van der Waals surface area contributed by atoms with Crippen LogP contribution in [0.3, 0.4) is 0 Å². The number of aromatic nitrogens is 2. The Hall–Kier alpha value is -2.17. The summed E-state index contributed by atoms with van der Waals surface area (Å²) in [7, 11) is 3.24. The molecule has 5 heteroatoms. The molecule has 0 radical (unpaired) electrons. The largest absolute Gasteiger partial charge is 0.497 e. The molecule has 0 aliphatic carbocycles. The number of nitrogen functional groups attached to an aromatic ring is 1. The molecule has 0 aliphatic heterocycles. The first-order valence-corrected chi connectivity index (χ1v) is 5.20. The summed E-state index contributed by atoms with van der Waals surface area (Å²) in [5.41, 5.74) is 8.17. The molecule has 0 atom stereocenters. The first-order chi connectivity index (χ1) is 8.15. The van der Waals surface area contributed by atoms with Gasteiger partial charge >= 0.3 is 0 Å². The number of aromatic amines is 1. The van der Waals surface area contributed by atoms with Crippen LogP contribution >= 0.6 is 0 Å². The third-order valence-electron chi connectivity index (χ3n) is 2.56. The molecular weight excluding hydrogens is 218 g/mol. The van der Waals surface area contributed by atoms with Gasteiger partial charge in [0, 0.05) is 11.3 Å². The molecule has 0 bridgehead atoms. The Labute approximate surface area is 99.6 Å². The van der Waals surface area contributed by atoms with Gasteiger partial charge in [-0.05, 0) is 25.1 Å². The molecule has 2 aromatic rings. The third kappa shape index (κ3) is 2.04. The van der Waals surface area contributed by atoms with E-state index in [-0.39, 0.29) is 0 Å². The smallest absolute Gasteiger partial charge is 0.198 e. The number of aryl methyl sites for hydroxylation is 1. The van der Waals surface area contributed by atoms with Crippen LogP contribution in [0.5, 0.6) is 11.5 Å². The Kier molecular flexibility index (Phi) is 2.91. The molecule has 0 unspecified atom stereocenters. The minimum atomic E-state index is 0.391. The minimum absolute atomic E-state index is 0.391. The highest BCUT2D eigenvalue weighted by atomic mass is 16.5. The lowest BCUT2D eigenvalue weighted by atomic mass is 10.1. The zero-order valence-electron chi connectivity index (χ0n) is 10.1. The van der Waals surface area contributed by atoms with Gasteiger partial charge in [-0.25, -0.2) is 4.98 Å². The predicted molar refractivity (Wildman–Crippen MR) is 66.3 cm³/mol. The summed E-state index contributed by atoms with van der Waals surface area (Å²) in [6, 6.07) is 5.56. The summed E-state index contributed by atoms with van der Waals surface area (Å²) in [5, 5.41) is 0. The molecule has 2 rings (SSSR count). The van der Waals surface area contributed by atoms with Gasteiger partial charge in [-0.2, -0.15) is 0 Å². The molecule has 3 N–H and O–H groups in total. The average Bonchev–Trinajstić information content (AvgIpc) is 2.67. The average molecular weight is 233 g/mol. The van der Waals surface area contributed by atoms with Crippen molar-refractivity contribution in [3.8, 4) is 22.8 Å². The highest BCUT2D eigenvalue weighted by Crippen LogP contribution is 2.34. The van der Waals surface area contributed by atoms with E-state index in [1.165, 1.54) is 0 Å². The van der Waals surface area contributed by atoms with E-state index in [4.69, 9.17) is 15.2 Å². The van der Waals surface area contributed by atoms with Gasteiger partial charge in [-0.3, -0.25) is 0 Å². The van der Waals surface area contributed by atoms with E-state index in [0.717, 1.165) is 28.5 Å². The standard InChI is InChI=1S/C12H15N3O2/c1-7-11(15-12(13)14-7)9-6-8(16-2)4-5-10(9)17-3/h4-6H,1-3H3,(H3,13,14,15). The molecule has 1 heterocycles. The van der Waals surface area contributed by atoms with Crippen LogP contribution in [-0.2, 0) is 0 Å². The van der Waals surface area contributed by atoms with Gasteiger partial charge in [-0.1, -0.05) is 0 Å². The zero-order chi connectivity index (χ0) is 12.4. The number of imidazole rings is 1. The van der Waals surface area contributed by atoms with Crippen LogP contribution in [0.25, 0.3) is 11.3 Å². The van der Waals surface area contributed by atoms with E-state index in [0.29, 0.717) is 5.95 Å². The molecule has 0 fully saturated rings. The number of hydrogen-bond acceptors (Lipinski definition) is 4. The number of methoxy groups -OCH3 is 2. The quantitative estimate of drug-likeness (QED) is 0.850. The van der Waals surface area contributed by atoms with E-state index in [1.807, 2.05) is 25.1 Å². The number of H-pyrrole nitrogens is 1. The number of rotatable bonds is 3. The van der Waals surface area contributed by atoms with E-state index in [9.17, 15) is 0 Å². The topological polar surface area (TPSA) is 73.2 Å². The second-order valence-electron chi connectivity index (χ2n) is 3.66. The van der Waals surface area contributed by atoms with Gasteiger partial charge < -0.3 is 20.2 Å². The van der Waals surface area contributed by atoms with Crippen LogP contribution in [-0.4, -0.2) is 24.2 Å². The summed E-state index contributed by atoms with van der Waals surface area (Å²) in [6.45, 7) is 1.91. The molecule has 0 saturated heterocycles. The SMILES string of the molecule is COc1ccc(OC)c(-c2nc(N)[nH]c2C)c1.